The molecule has 1 amide bonds. The van der Waals surface area contributed by atoms with Gasteiger partial charge in [-0.1, -0.05) is 12.1 Å². The maximum absolute atomic E-state index is 13.2. The summed E-state index contributed by atoms with van der Waals surface area (Å²) in [6.07, 6.45) is 1.09. The van der Waals surface area contributed by atoms with E-state index in [1.54, 1.807) is 12.1 Å². The minimum absolute atomic E-state index is 0.00733. The Hall–Kier alpha value is -2.38. The molecule has 1 atom stereocenters. The van der Waals surface area contributed by atoms with Crippen LogP contribution in [0.3, 0.4) is 0 Å². The Bertz CT molecular complexity index is 1250. The number of hydrogen-bond donors (Lipinski definition) is 1. The first kappa shape index (κ1) is 25.7. The van der Waals surface area contributed by atoms with E-state index in [1.165, 1.54) is 32.9 Å². The van der Waals surface area contributed by atoms with Crippen LogP contribution >= 0.6 is 0 Å². The van der Waals surface area contributed by atoms with Gasteiger partial charge in [0.05, 0.1) is 28.9 Å². The van der Waals surface area contributed by atoms with Gasteiger partial charge in [0.1, 0.15) is 5.82 Å². The molecule has 12 heteroatoms. The molecule has 1 N–H and O–H groups in total. The Labute approximate surface area is 205 Å². The van der Waals surface area contributed by atoms with Crippen LogP contribution in [-0.4, -0.2) is 70.7 Å². The van der Waals surface area contributed by atoms with Crippen molar-refractivity contribution in [2.75, 3.05) is 39.4 Å². The quantitative estimate of drug-likeness (QED) is 0.587. The van der Waals surface area contributed by atoms with Crippen molar-refractivity contribution in [1.82, 2.24) is 13.9 Å². The first-order valence-corrected chi connectivity index (χ1v) is 14.3. The second-order valence-electron chi connectivity index (χ2n) is 8.53. The van der Waals surface area contributed by atoms with Gasteiger partial charge in [-0.15, -0.1) is 0 Å². The van der Waals surface area contributed by atoms with Crippen LogP contribution < -0.4 is 5.32 Å². The van der Waals surface area contributed by atoms with Gasteiger partial charge in [0.25, 0.3) is 0 Å². The van der Waals surface area contributed by atoms with Gasteiger partial charge in [-0.2, -0.15) is 8.61 Å². The predicted octanol–water partition coefficient (Wildman–Crippen LogP) is 1.56. The standard InChI is InChI=1S/C23H28FN3O6S2/c24-20-5-9-22(10-6-20)35(31,32)27-11-1-2-19(17-27)23(28)25-16-18-3-7-21(8-4-18)34(29,30)26-12-14-33-15-13-26/h3-10,19H,1-2,11-17H2,(H,25,28)/t19-/m0/s1. The highest BCUT2D eigenvalue weighted by atomic mass is 32.2. The Morgan fingerprint density at radius 2 is 1.46 bits per heavy atom. The number of nitrogens with one attached hydrogen (secondary N) is 1. The fourth-order valence-electron chi connectivity index (χ4n) is 4.18. The Balaban J connectivity index is 1.34. The van der Waals surface area contributed by atoms with Crippen molar-refractivity contribution in [3.63, 3.8) is 0 Å². The van der Waals surface area contributed by atoms with Crippen LogP contribution in [0.1, 0.15) is 18.4 Å². The largest absolute Gasteiger partial charge is 0.379 e. The van der Waals surface area contributed by atoms with Gasteiger partial charge in [-0.05, 0) is 54.8 Å². The summed E-state index contributed by atoms with van der Waals surface area (Å²) < 4.78 is 72.3. The van der Waals surface area contributed by atoms with Crippen LogP contribution in [0.25, 0.3) is 0 Å². The molecule has 0 saturated carbocycles. The topological polar surface area (TPSA) is 113 Å². The van der Waals surface area contributed by atoms with Gasteiger partial charge in [0, 0.05) is 32.7 Å². The molecule has 0 aliphatic carbocycles. The summed E-state index contributed by atoms with van der Waals surface area (Å²) in [5.74, 6) is -1.31. The molecule has 2 aliphatic rings. The molecule has 35 heavy (non-hydrogen) atoms. The lowest BCUT2D eigenvalue weighted by Crippen LogP contribution is -2.45. The van der Waals surface area contributed by atoms with Crippen LogP contribution in [0.2, 0.25) is 0 Å². The summed E-state index contributed by atoms with van der Waals surface area (Å²) in [6, 6.07) is 11.0. The molecule has 0 unspecified atom stereocenters. The summed E-state index contributed by atoms with van der Waals surface area (Å²) >= 11 is 0. The highest BCUT2D eigenvalue weighted by molar-refractivity contribution is 7.89. The van der Waals surface area contributed by atoms with E-state index in [-0.39, 0.29) is 28.8 Å². The smallest absolute Gasteiger partial charge is 0.243 e. The van der Waals surface area contributed by atoms with Gasteiger partial charge in [-0.25, -0.2) is 21.2 Å². The van der Waals surface area contributed by atoms with E-state index in [0.717, 1.165) is 17.7 Å². The fraction of sp³-hybridized carbons (Fsp3) is 0.435. The molecule has 0 bridgehead atoms. The van der Waals surface area contributed by atoms with Crippen LogP contribution in [0, 0.1) is 11.7 Å². The van der Waals surface area contributed by atoms with Crippen molar-refractivity contribution >= 4 is 26.0 Å². The number of piperidine rings is 1. The number of carbonyl (C=O) groups is 1. The molecule has 2 heterocycles. The fourth-order valence-corrected chi connectivity index (χ4v) is 7.11. The summed E-state index contributed by atoms with van der Waals surface area (Å²) in [5.41, 5.74) is 0.728. The number of morpholine rings is 1. The third kappa shape index (κ3) is 5.89. The van der Waals surface area contributed by atoms with Crippen LogP contribution in [0.15, 0.2) is 58.3 Å². The van der Waals surface area contributed by atoms with E-state index in [9.17, 15) is 26.0 Å². The molecule has 2 aromatic carbocycles. The second-order valence-corrected chi connectivity index (χ2v) is 12.4. The van der Waals surface area contributed by atoms with Gasteiger partial charge < -0.3 is 10.1 Å². The normalized spacial score (nSPS) is 20.4. The number of benzene rings is 2. The number of amides is 1. The van der Waals surface area contributed by atoms with Crippen molar-refractivity contribution in [3.05, 3.63) is 59.9 Å². The molecule has 190 valence electrons. The molecule has 2 aromatic rings. The second kappa shape index (κ2) is 10.7. The van der Waals surface area contributed by atoms with Crippen molar-refractivity contribution in [2.24, 2.45) is 5.92 Å². The zero-order valence-corrected chi connectivity index (χ0v) is 20.7. The van der Waals surface area contributed by atoms with E-state index in [4.69, 9.17) is 4.74 Å². The number of nitrogens with zero attached hydrogens (tertiary/aromatic N) is 2. The van der Waals surface area contributed by atoms with Crippen LogP contribution in [0.5, 0.6) is 0 Å². The molecule has 2 fully saturated rings. The Kier molecular flexibility index (Phi) is 7.86. The maximum atomic E-state index is 13.2. The Morgan fingerprint density at radius 3 is 2.09 bits per heavy atom. The van der Waals surface area contributed by atoms with E-state index in [2.05, 4.69) is 5.32 Å². The van der Waals surface area contributed by atoms with Gasteiger partial charge >= 0.3 is 0 Å². The van der Waals surface area contributed by atoms with E-state index in [1.807, 2.05) is 0 Å². The van der Waals surface area contributed by atoms with Crippen LogP contribution in [-0.2, 0) is 36.1 Å². The Morgan fingerprint density at radius 1 is 0.886 bits per heavy atom. The predicted molar refractivity (Wildman–Crippen MR) is 126 cm³/mol. The van der Waals surface area contributed by atoms with E-state index < -0.39 is 31.8 Å². The molecule has 4 rings (SSSR count). The molecule has 2 saturated heterocycles. The summed E-state index contributed by atoms with van der Waals surface area (Å²) in [5, 5.41) is 2.82. The number of ether oxygens (including phenoxy) is 1. The molecule has 0 spiro atoms. The lowest BCUT2D eigenvalue weighted by molar-refractivity contribution is -0.126. The minimum atomic E-state index is -3.82. The molecule has 0 aromatic heterocycles. The van der Waals surface area contributed by atoms with E-state index in [0.29, 0.717) is 45.7 Å². The van der Waals surface area contributed by atoms with Gasteiger partial charge in [0.2, 0.25) is 26.0 Å². The third-order valence-electron chi connectivity index (χ3n) is 6.20. The molecular weight excluding hydrogens is 497 g/mol. The van der Waals surface area contributed by atoms with Crippen molar-refractivity contribution in [2.45, 2.75) is 29.2 Å². The monoisotopic (exact) mass is 525 g/mol. The SMILES string of the molecule is O=C(NCc1ccc(S(=O)(=O)N2CCOCC2)cc1)[C@H]1CCCN(S(=O)(=O)c2ccc(F)cc2)C1. The third-order valence-corrected chi connectivity index (χ3v) is 10.00. The summed E-state index contributed by atoms with van der Waals surface area (Å²) in [6.45, 7) is 1.90. The zero-order valence-electron chi connectivity index (χ0n) is 19.1. The number of carbonyl (C=O) groups excluding carboxylic acids is 1. The summed E-state index contributed by atoms with van der Waals surface area (Å²) in [4.78, 5) is 12.9. The average Bonchev–Trinajstić information content (AvgIpc) is 2.88. The van der Waals surface area contributed by atoms with Gasteiger partial charge in [0.15, 0.2) is 0 Å². The lowest BCUT2D eigenvalue weighted by Gasteiger charge is -2.31. The molecule has 9 nitrogen and oxygen atoms in total. The summed E-state index contributed by atoms with van der Waals surface area (Å²) in [7, 11) is -7.41. The van der Waals surface area contributed by atoms with Crippen LogP contribution in [0.4, 0.5) is 4.39 Å². The molecule has 0 radical (unpaired) electrons. The lowest BCUT2D eigenvalue weighted by atomic mass is 9.99. The number of halogens is 1. The van der Waals surface area contributed by atoms with Crippen molar-refractivity contribution < 1.29 is 30.8 Å². The minimum Gasteiger partial charge on any atom is -0.379 e. The molecule has 2 aliphatic heterocycles. The van der Waals surface area contributed by atoms with Crippen molar-refractivity contribution in [1.29, 1.82) is 0 Å². The number of sulfonamides is 2. The average molecular weight is 526 g/mol. The molecular formula is C23H28FN3O6S2. The highest BCUT2D eigenvalue weighted by Crippen LogP contribution is 2.24. The zero-order chi connectivity index (χ0) is 25.1. The highest BCUT2D eigenvalue weighted by Gasteiger charge is 2.33. The van der Waals surface area contributed by atoms with Gasteiger partial charge in [-0.3, -0.25) is 4.79 Å². The van der Waals surface area contributed by atoms with Crippen molar-refractivity contribution in [3.8, 4) is 0 Å². The first-order valence-electron chi connectivity index (χ1n) is 11.4. The van der Waals surface area contributed by atoms with E-state index >= 15 is 0 Å². The number of hydrogen-bond acceptors (Lipinski definition) is 6. The maximum Gasteiger partial charge on any atom is 0.243 e. The number of rotatable bonds is 7. The first-order chi connectivity index (χ1) is 16.7.